The number of nitrogens with one attached hydrogen (secondary N) is 1. The van der Waals surface area contributed by atoms with Crippen molar-refractivity contribution in [2.75, 3.05) is 18.5 Å². The van der Waals surface area contributed by atoms with Crippen LogP contribution in [0.15, 0.2) is 24.3 Å². The summed E-state index contributed by atoms with van der Waals surface area (Å²) in [7, 11) is 0. The van der Waals surface area contributed by atoms with E-state index in [0.29, 0.717) is 23.5 Å². The van der Waals surface area contributed by atoms with Crippen molar-refractivity contribution >= 4 is 23.0 Å². The molecule has 0 fully saturated rings. The van der Waals surface area contributed by atoms with Crippen molar-refractivity contribution in [3.8, 4) is 0 Å². The van der Waals surface area contributed by atoms with Gasteiger partial charge in [0, 0.05) is 6.54 Å². The highest BCUT2D eigenvalue weighted by molar-refractivity contribution is 5.83. The number of aliphatic hydroxyl groups is 1. The van der Waals surface area contributed by atoms with Crippen LogP contribution in [0.3, 0.4) is 0 Å². The van der Waals surface area contributed by atoms with Gasteiger partial charge in [-0.15, -0.1) is 0 Å². The second-order valence-electron chi connectivity index (χ2n) is 4.83. The van der Waals surface area contributed by atoms with Crippen molar-refractivity contribution < 1.29 is 15.0 Å². The maximum atomic E-state index is 10.8. The zero-order valence-electron chi connectivity index (χ0n) is 12.1. The number of aliphatic carboxylic acids is 1. The lowest BCUT2D eigenvalue weighted by atomic mass is 10.3. The monoisotopic (exact) mass is 306 g/mol. The highest BCUT2D eigenvalue weighted by Crippen LogP contribution is 2.17. The Bertz CT molecular complexity index is 696. The predicted molar refractivity (Wildman–Crippen MR) is 80.3 cm³/mol. The molecule has 0 amide bonds. The predicted octanol–water partition coefficient (Wildman–Crippen LogP) is -0.411. The Labute approximate surface area is 126 Å². The van der Waals surface area contributed by atoms with E-state index >= 15 is 0 Å². The van der Waals surface area contributed by atoms with Crippen molar-refractivity contribution in [2.45, 2.75) is 19.5 Å². The van der Waals surface area contributed by atoms with E-state index in [1.165, 1.54) is 12.7 Å². The van der Waals surface area contributed by atoms with Crippen molar-refractivity contribution in [3.05, 3.63) is 24.3 Å². The van der Waals surface area contributed by atoms with Crippen LogP contribution >= 0.6 is 0 Å². The maximum Gasteiger partial charge on any atom is 0.322 e. The number of nitrogens with zero attached hydrogens (tertiary/aromatic N) is 4. The van der Waals surface area contributed by atoms with Gasteiger partial charge in [0.15, 0.2) is 11.5 Å². The molecule has 9 heteroatoms. The van der Waals surface area contributed by atoms with Gasteiger partial charge in [0.05, 0.1) is 19.5 Å². The van der Waals surface area contributed by atoms with Gasteiger partial charge in [0.2, 0.25) is 0 Å². The summed E-state index contributed by atoms with van der Waals surface area (Å²) in [5.41, 5.74) is 7.42. The van der Waals surface area contributed by atoms with Crippen LogP contribution in [-0.2, 0) is 11.3 Å². The summed E-state index contributed by atoms with van der Waals surface area (Å²) in [6.45, 7) is 2.38. The summed E-state index contributed by atoms with van der Waals surface area (Å²) in [6.07, 6.45) is 4.70. The SMILES string of the molecule is CC(=CCNc1ncnc2c1ncn2CC(N)C(=O)O)CO. The van der Waals surface area contributed by atoms with E-state index in [0.717, 1.165) is 5.57 Å². The number of carboxylic acid groups (broad SMARTS) is 1. The molecule has 0 radical (unpaired) electrons. The third-order valence-electron chi connectivity index (χ3n) is 3.08. The minimum Gasteiger partial charge on any atom is -0.480 e. The van der Waals surface area contributed by atoms with E-state index in [9.17, 15) is 4.79 Å². The van der Waals surface area contributed by atoms with Gasteiger partial charge >= 0.3 is 5.97 Å². The highest BCUT2D eigenvalue weighted by atomic mass is 16.4. The Hall–Kier alpha value is -2.52. The first kappa shape index (κ1) is 15.9. The molecule has 0 aliphatic heterocycles. The number of carboxylic acids is 1. The fraction of sp³-hybridized carbons (Fsp3) is 0.385. The largest absolute Gasteiger partial charge is 0.480 e. The molecule has 2 aromatic heterocycles. The molecule has 2 rings (SSSR count). The van der Waals surface area contributed by atoms with Crippen molar-refractivity contribution in [2.24, 2.45) is 5.73 Å². The van der Waals surface area contributed by atoms with Crippen LogP contribution in [0.4, 0.5) is 5.82 Å². The number of carbonyl (C=O) groups is 1. The first-order valence-electron chi connectivity index (χ1n) is 6.67. The zero-order valence-corrected chi connectivity index (χ0v) is 12.1. The molecule has 5 N–H and O–H groups in total. The number of aromatic nitrogens is 4. The Balaban J connectivity index is 2.20. The number of hydrogen-bond donors (Lipinski definition) is 4. The molecule has 0 saturated carbocycles. The lowest BCUT2D eigenvalue weighted by molar-refractivity contribution is -0.138. The molecular weight excluding hydrogens is 288 g/mol. The van der Waals surface area contributed by atoms with Crippen molar-refractivity contribution in [1.82, 2.24) is 19.5 Å². The molecule has 1 unspecified atom stereocenters. The molecule has 0 bridgehead atoms. The van der Waals surface area contributed by atoms with Crippen LogP contribution in [-0.4, -0.2) is 54.9 Å². The van der Waals surface area contributed by atoms with Gasteiger partial charge in [-0.1, -0.05) is 11.6 Å². The minimum absolute atomic E-state index is 0.00255. The molecular formula is C13H18N6O3. The third kappa shape index (κ3) is 3.57. The molecule has 0 saturated heterocycles. The zero-order chi connectivity index (χ0) is 16.1. The van der Waals surface area contributed by atoms with Gasteiger partial charge in [-0.25, -0.2) is 15.0 Å². The second-order valence-corrected chi connectivity index (χ2v) is 4.83. The molecule has 2 aromatic rings. The molecule has 1 atom stereocenters. The first-order valence-corrected chi connectivity index (χ1v) is 6.67. The second kappa shape index (κ2) is 6.96. The topological polar surface area (TPSA) is 139 Å². The molecule has 0 aliphatic rings. The van der Waals surface area contributed by atoms with Crippen molar-refractivity contribution in [1.29, 1.82) is 0 Å². The number of imidazole rings is 1. The third-order valence-corrected chi connectivity index (χ3v) is 3.08. The lowest BCUT2D eigenvalue weighted by Gasteiger charge is -2.08. The fourth-order valence-corrected chi connectivity index (χ4v) is 1.82. The van der Waals surface area contributed by atoms with E-state index in [4.69, 9.17) is 15.9 Å². The fourth-order valence-electron chi connectivity index (χ4n) is 1.82. The minimum atomic E-state index is -1.08. The van der Waals surface area contributed by atoms with E-state index < -0.39 is 12.0 Å². The van der Waals surface area contributed by atoms with Crippen LogP contribution in [0, 0.1) is 0 Å². The van der Waals surface area contributed by atoms with E-state index in [2.05, 4.69) is 20.3 Å². The number of aliphatic hydroxyl groups excluding tert-OH is 1. The maximum absolute atomic E-state index is 10.8. The molecule has 118 valence electrons. The highest BCUT2D eigenvalue weighted by Gasteiger charge is 2.16. The smallest absolute Gasteiger partial charge is 0.322 e. The van der Waals surface area contributed by atoms with Crippen molar-refractivity contribution in [3.63, 3.8) is 0 Å². The summed E-state index contributed by atoms with van der Waals surface area (Å²) in [5.74, 6) is -0.548. The number of hydrogen-bond acceptors (Lipinski definition) is 7. The molecule has 0 aromatic carbocycles. The number of rotatable bonds is 7. The normalized spacial score (nSPS) is 13.3. The lowest BCUT2D eigenvalue weighted by Crippen LogP contribution is -2.34. The summed E-state index contributed by atoms with van der Waals surface area (Å²) in [5, 5.41) is 20.9. The standard InChI is InChI=1S/C13H18N6O3/c1-8(5-20)2-3-15-11-10-12(17-6-16-11)19(7-18-10)4-9(14)13(21)22/h2,6-7,9,20H,3-5,14H2,1H3,(H,21,22)(H,15,16,17). The molecule has 22 heavy (non-hydrogen) atoms. The molecule has 2 heterocycles. The van der Waals surface area contributed by atoms with Gasteiger partial charge in [0.25, 0.3) is 0 Å². The van der Waals surface area contributed by atoms with E-state index in [1.54, 1.807) is 4.57 Å². The van der Waals surface area contributed by atoms with Gasteiger partial charge in [-0.3, -0.25) is 4.79 Å². The number of nitrogens with two attached hydrogens (primary N) is 1. The Morgan fingerprint density at radius 1 is 1.50 bits per heavy atom. The Morgan fingerprint density at radius 2 is 2.27 bits per heavy atom. The molecule has 0 aliphatic carbocycles. The van der Waals surface area contributed by atoms with Crippen LogP contribution in [0.5, 0.6) is 0 Å². The van der Waals surface area contributed by atoms with Crippen LogP contribution in [0.2, 0.25) is 0 Å². The molecule has 9 nitrogen and oxygen atoms in total. The summed E-state index contributed by atoms with van der Waals surface area (Å²) < 4.78 is 1.58. The average molecular weight is 306 g/mol. The van der Waals surface area contributed by atoms with Crippen LogP contribution in [0.25, 0.3) is 11.2 Å². The van der Waals surface area contributed by atoms with E-state index in [-0.39, 0.29) is 13.2 Å². The van der Waals surface area contributed by atoms with Gasteiger partial charge in [-0.2, -0.15) is 0 Å². The van der Waals surface area contributed by atoms with E-state index in [1.807, 2.05) is 13.0 Å². The van der Waals surface area contributed by atoms with Crippen LogP contribution < -0.4 is 11.1 Å². The Morgan fingerprint density at radius 3 is 2.95 bits per heavy atom. The van der Waals surface area contributed by atoms with Gasteiger partial charge < -0.3 is 25.8 Å². The van der Waals surface area contributed by atoms with Gasteiger partial charge in [0.1, 0.15) is 17.9 Å². The quantitative estimate of drug-likeness (QED) is 0.506. The number of anilines is 1. The summed E-state index contributed by atoms with van der Waals surface area (Å²) in [6, 6.07) is -1.03. The van der Waals surface area contributed by atoms with Crippen LogP contribution in [0.1, 0.15) is 6.92 Å². The average Bonchev–Trinajstić information content (AvgIpc) is 2.91. The summed E-state index contributed by atoms with van der Waals surface area (Å²) >= 11 is 0. The molecule has 0 spiro atoms. The summed E-state index contributed by atoms with van der Waals surface area (Å²) in [4.78, 5) is 23.3. The Kier molecular flexibility index (Phi) is 5.02. The van der Waals surface area contributed by atoms with Gasteiger partial charge in [-0.05, 0) is 6.92 Å². The number of fused-ring (bicyclic) bond motifs is 1. The first-order chi connectivity index (χ1) is 10.5.